The Hall–Kier alpha value is -1.46. The molecule has 0 bridgehead atoms. The SMILES string of the molecule is Cc1nc2ccc(CC(=O)NN)cc2s1. The van der Waals surface area contributed by atoms with Crippen molar-refractivity contribution in [3.8, 4) is 0 Å². The number of thiazole rings is 1. The van der Waals surface area contributed by atoms with Gasteiger partial charge in [-0.3, -0.25) is 10.2 Å². The molecule has 0 atom stereocenters. The van der Waals surface area contributed by atoms with Gasteiger partial charge >= 0.3 is 0 Å². The number of amides is 1. The lowest BCUT2D eigenvalue weighted by molar-refractivity contribution is -0.120. The molecule has 1 heterocycles. The van der Waals surface area contributed by atoms with Crippen LogP contribution in [0.3, 0.4) is 0 Å². The molecule has 15 heavy (non-hydrogen) atoms. The van der Waals surface area contributed by atoms with Crippen molar-refractivity contribution in [1.82, 2.24) is 10.4 Å². The van der Waals surface area contributed by atoms with E-state index < -0.39 is 0 Å². The maximum absolute atomic E-state index is 11.1. The van der Waals surface area contributed by atoms with Crippen LogP contribution >= 0.6 is 11.3 Å². The molecule has 0 aliphatic carbocycles. The van der Waals surface area contributed by atoms with Gasteiger partial charge in [-0.2, -0.15) is 0 Å². The molecular formula is C10H11N3OS. The number of aromatic nitrogens is 1. The molecule has 78 valence electrons. The van der Waals surface area contributed by atoms with Crippen LogP contribution in [0.5, 0.6) is 0 Å². The van der Waals surface area contributed by atoms with E-state index in [1.165, 1.54) is 0 Å². The molecule has 1 amide bonds. The van der Waals surface area contributed by atoms with Crippen LogP contribution in [0, 0.1) is 6.92 Å². The number of nitrogens with zero attached hydrogens (tertiary/aromatic N) is 1. The van der Waals surface area contributed by atoms with Crippen LogP contribution in [0.1, 0.15) is 10.6 Å². The first-order valence-electron chi connectivity index (χ1n) is 4.54. The summed E-state index contributed by atoms with van der Waals surface area (Å²) < 4.78 is 1.11. The molecule has 0 fully saturated rings. The van der Waals surface area contributed by atoms with Gasteiger partial charge in [-0.05, 0) is 24.6 Å². The zero-order chi connectivity index (χ0) is 10.8. The van der Waals surface area contributed by atoms with Crippen LogP contribution in [0.2, 0.25) is 0 Å². The van der Waals surface area contributed by atoms with Crippen molar-refractivity contribution in [3.63, 3.8) is 0 Å². The monoisotopic (exact) mass is 221 g/mol. The van der Waals surface area contributed by atoms with E-state index in [-0.39, 0.29) is 5.91 Å². The summed E-state index contributed by atoms with van der Waals surface area (Å²) in [6.45, 7) is 1.97. The van der Waals surface area contributed by atoms with E-state index in [0.29, 0.717) is 6.42 Å². The van der Waals surface area contributed by atoms with Crippen molar-refractivity contribution in [1.29, 1.82) is 0 Å². The minimum absolute atomic E-state index is 0.185. The van der Waals surface area contributed by atoms with E-state index in [2.05, 4.69) is 10.4 Å². The third-order valence-corrected chi connectivity index (χ3v) is 3.02. The summed E-state index contributed by atoms with van der Waals surface area (Å²) in [6.07, 6.45) is 0.309. The first kappa shape index (κ1) is 10.1. The molecule has 0 radical (unpaired) electrons. The Balaban J connectivity index is 2.33. The summed E-state index contributed by atoms with van der Waals surface area (Å²) >= 11 is 1.63. The second kappa shape index (κ2) is 3.96. The zero-order valence-electron chi connectivity index (χ0n) is 8.28. The Morgan fingerprint density at radius 1 is 1.60 bits per heavy atom. The first-order valence-corrected chi connectivity index (χ1v) is 5.36. The summed E-state index contributed by atoms with van der Waals surface area (Å²) in [5, 5.41) is 1.03. The molecule has 0 aliphatic heterocycles. The number of nitrogens with two attached hydrogens (primary N) is 1. The van der Waals surface area contributed by atoms with Crippen molar-refractivity contribution >= 4 is 27.5 Å². The Morgan fingerprint density at radius 2 is 2.40 bits per heavy atom. The van der Waals surface area contributed by atoms with E-state index in [1.807, 2.05) is 25.1 Å². The zero-order valence-corrected chi connectivity index (χ0v) is 9.10. The molecule has 1 aromatic heterocycles. The lowest BCUT2D eigenvalue weighted by atomic mass is 10.1. The van der Waals surface area contributed by atoms with Gasteiger partial charge in [0.1, 0.15) is 0 Å². The van der Waals surface area contributed by atoms with Gasteiger partial charge in [-0.25, -0.2) is 10.8 Å². The molecule has 2 rings (SSSR count). The highest BCUT2D eigenvalue weighted by molar-refractivity contribution is 7.18. The highest BCUT2D eigenvalue weighted by Gasteiger charge is 2.04. The quantitative estimate of drug-likeness (QED) is 0.454. The van der Waals surface area contributed by atoms with E-state index in [9.17, 15) is 4.79 Å². The first-order chi connectivity index (χ1) is 7.19. The average molecular weight is 221 g/mol. The second-order valence-corrected chi connectivity index (χ2v) is 4.51. The largest absolute Gasteiger partial charge is 0.294 e. The number of hydrazine groups is 1. The molecule has 3 N–H and O–H groups in total. The molecule has 0 saturated carbocycles. The van der Waals surface area contributed by atoms with Gasteiger partial charge in [0.2, 0.25) is 5.91 Å². The molecule has 2 aromatic rings. The number of hydrogen-bond donors (Lipinski definition) is 2. The molecule has 5 heteroatoms. The lowest BCUT2D eigenvalue weighted by Crippen LogP contribution is -2.31. The molecule has 4 nitrogen and oxygen atoms in total. The predicted octanol–water partition coefficient (Wildman–Crippen LogP) is 1.14. The molecule has 0 saturated heterocycles. The van der Waals surface area contributed by atoms with Crippen molar-refractivity contribution in [2.75, 3.05) is 0 Å². The molecule has 1 aromatic carbocycles. The van der Waals surface area contributed by atoms with Crippen molar-refractivity contribution in [3.05, 3.63) is 28.8 Å². The van der Waals surface area contributed by atoms with Gasteiger partial charge in [0.05, 0.1) is 21.6 Å². The van der Waals surface area contributed by atoms with Crippen LogP contribution in [-0.4, -0.2) is 10.9 Å². The molecular weight excluding hydrogens is 210 g/mol. The minimum atomic E-state index is -0.185. The summed E-state index contributed by atoms with van der Waals surface area (Å²) in [5.74, 6) is 4.84. The standard InChI is InChI=1S/C10H11N3OS/c1-6-12-8-3-2-7(4-9(8)15-6)5-10(14)13-11/h2-4H,5,11H2,1H3,(H,13,14). The number of rotatable bonds is 2. The Labute approximate surface area is 91.1 Å². The third-order valence-electron chi connectivity index (χ3n) is 2.09. The van der Waals surface area contributed by atoms with Crippen LogP contribution in [-0.2, 0) is 11.2 Å². The average Bonchev–Trinajstić information content (AvgIpc) is 2.57. The highest BCUT2D eigenvalue weighted by Crippen LogP contribution is 2.22. The predicted molar refractivity (Wildman–Crippen MR) is 60.4 cm³/mol. The van der Waals surface area contributed by atoms with Crippen molar-refractivity contribution in [2.24, 2.45) is 5.84 Å². The van der Waals surface area contributed by atoms with Crippen molar-refractivity contribution < 1.29 is 4.79 Å². The minimum Gasteiger partial charge on any atom is -0.294 e. The number of hydrogen-bond acceptors (Lipinski definition) is 4. The Kier molecular flexibility index (Phi) is 2.66. The van der Waals surface area contributed by atoms with E-state index >= 15 is 0 Å². The van der Waals surface area contributed by atoms with Crippen LogP contribution < -0.4 is 11.3 Å². The maximum Gasteiger partial charge on any atom is 0.238 e. The Morgan fingerprint density at radius 3 is 3.13 bits per heavy atom. The van der Waals surface area contributed by atoms with Gasteiger partial charge in [0, 0.05) is 0 Å². The molecule has 0 aliphatic rings. The highest BCUT2D eigenvalue weighted by atomic mass is 32.1. The fraction of sp³-hybridized carbons (Fsp3) is 0.200. The molecule has 0 unspecified atom stereocenters. The van der Waals surface area contributed by atoms with Crippen LogP contribution in [0.15, 0.2) is 18.2 Å². The third kappa shape index (κ3) is 2.14. The number of carbonyl (C=O) groups is 1. The summed E-state index contributed by atoms with van der Waals surface area (Å²) in [5.41, 5.74) is 4.05. The topological polar surface area (TPSA) is 68.0 Å². The maximum atomic E-state index is 11.1. The smallest absolute Gasteiger partial charge is 0.238 e. The van der Waals surface area contributed by atoms with Gasteiger partial charge in [0.25, 0.3) is 0 Å². The van der Waals surface area contributed by atoms with Gasteiger partial charge in [-0.15, -0.1) is 11.3 Å². The number of benzene rings is 1. The normalized spacial score (nSPS) is 10.5. The van der Waals surface area contributed by atoms with Crippen LogP contribution in [0.4, 0.5) is 0 Å². The van der Waals surface area contributed by atoms with Gasteiger partial charge in [0.15, 0.2) is 0 Å². The Bertz CT molecular complexity index is 506. The van der Waals surface area contributed by atoms with E-state index in [1.54, 1.807) is 11.3 Å². The lowest BCUT2D eigenvalue weighted by Gasteiger charge is -1.99. The van der Waals surface area contributed by atoms with Crippen molar-refractivity contribution in [2.45, 2.75) is 13.3 Å². The van der Waals surface area contributed by atoms with E-state index in [0.717, 1.165) is 20.8 Å². The number of nitrogens with one attached hydrogen (secondary N) is 1. The number of aryl methyl sites for hydroxylation is 1. The summed E-state index contributed by atoms with van der Waals surface area (Å²) in [7, 11) is 0. The fourth-order valence-corrected chi connectivity index (χ4v) is 2.32. The van der Waals surface area contributed by atoms with E-state index in [4.69, 9.17) is 5.84 Å². The summed E-state index contributed by atoms with van der Waals surface area (Å²) in [6, 6.07) is 5.81. The number of carbonyl (C=O) groups excluding carboxylic acids is 1. The van der Waals surface area contributed by atoms with Gasteiger partial charge in [-0.1, -0.05) is 6.07 Å². The summed E-state index contributed by atoms with van der Waals surface area (Å²) in [4.78, 5) is 15.4. The number of fused-ring (bicyclic) bond motifs is 1. The fourth-order valence-electron chi connectivity index (χ4n) is 1.43. The van der Waals surface area contributed by atoms with Gasteiger partial charge < -0.3 is 0 Å². The van der Waals surface area contributed by atoms with Crippen LogP contribution in [0.25, 0.3) is 10.2 Å². The second-order valence-electron chi connectivity index (χ2n) is 3.28. The molecule has 0 spiro atoms.